The molecule has 4 heteroatoms. The zero-order chi connectivity index (χ0) is 14.1. The molecule has 1 amide bonds. The van der Waals surface area contributed by atoms with Crippen molar-refractivity contribution in [1.29, 1.82) is 0 Å². The van der Waals surface area contributed by atoms with Crippen LogP contribution in [0.15, 0.2) is 34.9 Å². The topological polar surface area (TPSA) is 46.3 Å². The fraction of sp³-hybridized carbons (Fsp3) is 0.375. The molecule has 104 valence electrons. The van der Waals surface area contributed by atoms with E-state index in [0.717, 1.165) is 42.0 Å². The molecule has 20 heavy (non-hydrogen) atoms. The Morgan fingerprint density at radius 1 is 1.35 bits per heavy atom. The molecule has 1 unspecified atom stereocenters. The Kier molecular flexibility index (Phi) is 3.30. The first-order valence-corrected chi connectivity index (χ1v) is 6.96. The molecule has 0 N–H and O–H groups in total. The molecule has 2 aromatic rings. The smallest absolute Gasteiger partial charge is 0.254 e. The lowest BCUT2D eigenvalue weighted by atomic mass is 10.1. The molecule has 1 aromatic carbocycles. The third kappa shape index (κ3) is 2.22. The summed E-state index contributed by atoms with van der Waals surface area (Å²) in [7, 11) is 0. The number of carbonyl (C=O) groups is 1. The van der Waals surface area contributed by atoms with Gasteiger partial charge in [-0.2, -0.15) is 0 Å². The van der Waals surface area contributed by atoms with Crippen LogP contribution in [0.25, 0.3) is 0 Å². The Balaban J connectivity index is 1.89. The number of nitrogens with zero attached hydrogens (tertiary/aromatic N) is 2. The van der Waals surface area contributed by atoms with Gasteiger partial charge < -0.3 is 9.42 Å². The molecule has 1 aliphatic heterocycles. The quantitative estimate of drug-likeness (QED) is 0.841. The zero-order valence-corrected chi connectivity index (χ0v) is 11.8. The van der Waals surface area contributed by atoms with Gasteiger partial charge in [0.15, 0.2) is 0 Å². The van der Waals surface area contributed by atoms with Gasteiger partial charge >= 0.3 is 0 Å². The third-order valence-corrected chi connectivity index (χ3v) is 3.88. The van der Waals surface area contributed by atoms with Crippen molar-refractivity contribution in [2.24, 2.45) is 0 Å². The Hall–Kier alpha value is -2.10. The van der Waals surface area contributed by atoms with Crippen molar-refractivity contribution in [3.63, 3.8) is 0 Å². The molecule has 1 saturated heterocycles. The van der Waals surface area contributed by atoms with Gasteiger partial charge in [-0.1, -0.05) is 23.4 Å². The molecule has 3 rings (SSSR count). The van der Waals surface area contributed by atoms with Crippen LogP contribution in [0.5, 0.6) is 0 Å². The Morgan fingerprint density at radius 3 is 2.85 bits per heavy atom. The normalized spacial score (nSPS) is 18.5. The lowest BCUT2D eigenvalue weighted by Gasteiger charge is -2.23. The van der Waals surface area contributed by atoms with Crippen LogP contribution < -0.4 is 0 Å². The lowest BCUT2D eigenvalue weighted by molar-refractivity contribution is 0.0730. The Labute approximate surface area is 118 Å². The van der Waals surface area contributed by atoms with Crippen LogP contribution in [0.4, 0.5) is 0 Å². The van der Waals surface area contributed by atoms with E-state index in [1.165, 1.54) is 0 Å². The SMILES string of the molecule is Cc1cc(C2CCCN2C(=O)c2ccccc2C)no1. The second kappa shape index (κ2) is 5.12. The van der Waals surface area contributed by atoms with Gasteiger partial charge in [0.1, 0.15) is 11.5 Å². The highest BCUT2D eigenvalue weighted by Gasteiger charge is 2.32. The van der Waals surface area contributed by atoms with Gasteiger partial charge in [0.25, 0.3) is 5.91 Å². The number of amides is 1. The summed E-state index contributed by atoms with van der Waals surface area (Å²) in [6.07, 6.45) is 1.96. The van der Waals surface area contributed by atoms with Gasteiger partial charge in [0, 0.05) is 18.2 Å². The minimum Gasteiger partial charge on any atom is -0.361 e. The van der Waals surface area contributed by atoms with Crippen molar-refractivity contribution in [1.82, 2.24) is 10.1 Å². The molecule has 1 atom stereocenters. The summed E-state index contributed by atoms with van der Waals surface area (Å²) >= 11 is 0. The van der Waals surface area contributed by atoms with E-state index in [4.69, 9.17) is 4.52 Å². The molecule has 0 saturated carbocycles. The van der Waals surface area contributed by atoms with Crippen molar-refractivity contribution in [2.45, 2.75) is 32.7 Å². The van der Waals surface area contributed by atoms with E-state index in [1.807, 2.05) is 49.1 Å². The summed E-state index contributed by atoms with van der Waals surface area (Å²) in [5.74, 6) is 0.876. The molecule has 2 heterocycles. The van der Waals surface area contributed by atoms with Gasteiger partial charge in [-0.15, -0.1) is 0 Å². The highest BCUT2D eigenvalue weighted by atomic mass is 16.5. The maximum absolute atomic E-state index is 12.7. The fourth-order valence-electron chi connectivity index (χ4n) is 2.83. The van der Waals surface area contributed by atoms with Crippen molar-refractivity contribution >= 4 is 5.91 Å². The lowest BCUT2D eigenvalue weighted by Crippen LogP contribution is -2.31. The first-order valence-electron chi connectivity index (χ1n) is 6.96. The number of rotatable bonds is 2. The molecular weight excluding hydrogens is 252 g/mol. The van der Waals surface area contributed by atoms with E-state index in [2.05, 4.69) is 5.16 Å². The third-order valence-electron chi connectivity index (χ3n) is 3.88. The van der Waals surface area contributed by atoms with Crippen LogP contribution in [-0.4, -0.2) is 22.5 Å². The van der Waals surface area contributed by atoms with Gasteiger partial charge in [-0.3, -0.25) is 4.79 Å². The predicted molar refractivity (Wildman–Crippen MR) is 75.4 cm³/mol. The first kappa shape index (κ1) is 12.9. The number of aromatic nitrogens is 1. The minimum absolute atomic E-state index is 0.0413. The number of aryl methyl sites for hydroxylation is 2. The van der Waals surface area contributed by atoms with Gasteiger partial charge in [0.05, 0.1) is 6.04 Å². The summed E-state index contributed by atoms with van der Waals surface area (Å²) in [6, 6.07) is 9.69. The maximum atomic E-state index is 12.7. The van der Waals surface area contributed by atoms with Crippen LogP contribution in [0.1, 0.15) is 46.3 Å². The predicted octanol–water partition coefficient (Wildman–Crippen LogP) is 3.27. The molecule has 0 aliphatic carbocycles. The number of likely N-dealkylation sites (tertiary alicyclic amines) is 1. The summed E-state index contributed by atoms with van der Waals surface area (Å²) in [5, 5.41) is 4.08. The Morgan fingerprint density at radius 2 is 2.15 bits per heavy atom. The number of benzene rings is 1. The largest absolute Gasteiger partial charge is 0.361 e. The fourth-order valence-corrected chi connectivity index (χ4v) is 2.83. The van der Waals surface area contributed by atoms with Gasteiger partial charge in [-0.25, -0.2) is 0 Å². The maximum Gasteiger partial charge on any atom is 0.254 e. The van der Waals surface area contributed by atoms with Crippen LogP contribution in [0, 0.1) is 13.8 Å². The van der Waals surface area contributed by atoms with Crippen molar-refractivity contribution in [3.8, 4) is 0 Å². The second-order valence-corrected chi connectivity index (χ2v) is 5.33. The second-order valence-electron chi connectivity index (χ2n) is 5.33. The van der Waals surface area contributed by atoms with Crippen LogP contribution in [0.3, 0.4) is 0 Å². The van der Waals surface area contributed by atoms with E-state index in [1.54, 1.807) is 0 Å². The summed E-state index contributed by atoms with van der Waals surface area (Å²) in [4.78, 5) is 14.6. The molecular formula is C16H18N2O2. The highest BCUT2D eigenvalue weighted by molar-refractivity contribution is 5.96. The Bertz CT molecular complexity index is 633. The molecule has 0 bridgehead atoms. The number of carbonyl (C=O) groups excluding carboxylic acids is 1. The number of hydrogen-bond acceptors (Lipinski definition) is 3. The van der Waals surface area contributed by atoms with E-state index in [-0.39, 0.29) is 11.9 Å². The monoisotopic (exact) mass is 270 g/mol. The molecule has 1 aromatic heterocycles. The molecule has 4 nitrogen and oxygen atoms in total. The van der Waals surface area contributed by atoms with E-state index in [0.29, 0.717) is 0 Å². The number of hydrogen-bond donors (Lipinski definition) is 0. The summed E-state index contributed by atoms with van der Waals surface area (Å²) < 4.78 is 5.15. The standard InChI is InChI=1S/C16H18N2O2/c1-11-6-3-4-7-13(11)16(19)18-9-5-8-15(18)14-10-12(2)20-17-14/h3-4,6-7,10,15H,5,8-9H2,1-2H3. The van der Waals surface area contributed by atoms with Gasteiger partial charge in [-0.05, 0) is 38.3 Å². The molecule has 1 fully saturated rings. The van der Waals surface area contributed by atoms with E-state index < -0.39 is 0 Å². The zero-order valence-electron chi connectivity index (χ0n) is 11.8. The average molecular weight is 270 g/mol. The van der Waals surface area contributed by atoms with Crippen LogP contribution in [-0.2, 0) is 0 Å². The van der Waals surface area contributed by atoms with E-state index >= 15 is 0 Å². The summed E-state index contributed by atoms with van der Waals surface area (Å²) in [6.45, 7) is 4.63. The van der Waals surface area contributed by atoms with Crippen molar-refractivity contribution < 1.29 is 9.32 Å². The molecule has 0 radical (unpaired) electrons. The first-order chi connectivity index (χ1) is 9.66. The summed E-state index contributed by atoms with van der Waals surface area (Å²) in [5.41, 5.74) is 2.65. The van der Waals surface area contributed by atoms with E-state index in [9.17, 15) is 4.79 Å². The van der Waals surface area contributed by atoms with Gasteiger partial charge in [0.2, 0.25) is 0 Å². The average Bonchev–Trinajstić information content (AvgIpc) is 3.06. The van der Waals surface area contributed by atoms with Crippen molar-refractivity contribution in [2.75, 3.05) is 6.54 Å². The van der Waals surface area contributed by atoms with Crippen molar-refractivity contribution in [3.05, 3.63) is 52.9 Å². The van der Waals surface area contributed by atoms with Crippen LogP contribution in [0.2, 0.25) is 0 Å². The van der Waals surface area contributed by atoms with Crippen LogP contribution >= 0.6 is 0 Å². The molecule has 1 aliphatic rings. The minimum atomic E-state index is 0.0413. The highest BCUT2D eigenvalue weighted by Crippen LogP contribution is 2.33. The molecule has 0 spiro atoms.